The second-order valence-corrected chi connectivity index (χ2v) is 7.98. The Morgan fingerprint density at radius 3 is 2.70 bits per heavy atom. The summed E-state index contributed by atoms with van der Waals surface area (Å²) in [5.74, 6) is -0.780. The summed E-state index contributed by atoms with van der Waals surface area (Å²) >= 11 is 1.45. The number of aryl methyl sites for hydroxylation is 1. The van der Waals surface area contributed by atoms with Gasteiger partial charge in [-0.3, -0.25) is 14.5 Å². The molecular formula is C20H25N3O3S. The average Bonchev–Trinajstić information content (AvgIpc) is 2.87. The highest BCUT2D eigenvalue weighted by Crippen LogP contribution is 2.29. The van der Waals surface area contributed by atoms with Crippen molar-refractivity contribution in [3.8, 4) is 10.6 Å². The zero-order chi connectivity index (χ0) is 19.4. The van der Waals surface area contributed by atoms with Crippen LogP contribution in [0, 0.1) is 6.92 Å². The summed E-state index contributed by atoms with van der Waals surface area (Å²) in [6.45, 7) is 3.27. The van der Waals surface area contributed by atoms with E-state index in [9.17, 15) is 9.59 Å². The molecule has 1 aromatic heterocycles. The van der Waals surface area contributed by atoms with E-state index in [0.717, 1.165) is 35.5 Å². The smallest absolute Gasteiger partial charge is 0.317 e. The highest BCUT2D eigenvalue weighted by molar-refractivity contribution is 7.17. The standard InChI is InChI=1S/C20H25N3O3S/c1-14-18(27-19(21-14)15-7-4-3-5-8-15)20(26)23-11-6-9-16(10-12-23)22(2)13-17(24)25/h3-5,7-8,16H,6,9-13H2,1-2H3,(H,24,25). The maximum absolute atomic E-state index is 13.1. The van der Waals surface area contributed by atoms with Crippen LogP contribution in [0.4, 0.5) is 0 Å². The largest absolute Gasteiger partial charge is 0.480 e. The summed E-state index contributed by atoms with van der Waals surface area (Å²) in [6, 6.07) is 10.1. The van der Waals surface area contributed by atoms with Crippen molar-refractivity contribution in [3.05, 3.63) is 40.9 Å². The minimum absolute atomic E-state index is 0.0347. The van der Waals surface area contributed by atoms with Gasteiger partial charge < -0.3 is 10.0 Å². The molecule has 1 amide bonds. The Hall–Kier alpha value is -2.25. The summed E-state index contributed by atoms with van der Waals surface area (Å²) in [6.07, 6.45) is 2.58. The third kappa shape index (κ3) is 4.73. The van der Waals surface area contributed by atoms with Gasteiger partial charge in [0.2, 0.25) is 0 Å². The van der Waals surface area contributed by atoms with Crippen molar-refractivity contribution in [2.45, 2.75) is 32.2 Å². The van der Waals surface area contributed by atoms with E-state index in [2.05, 4.69) is 4.98 Å². The van der Waals surface area contributed by atoms with Gasteiger partial charge in [-0.15, -0.1) is 11.3 Å². The quantitative estimate of drug-likeness (QED) is 0.853. The van der Waals surface area contributed by atoms with Gasteiger partial charge in [0, 0.05) is 24.7 Å². The SMILES string of the molecule is Cc1nc(-c2ccccc2)sc1C(=O)N1CCCC(N(C)CC(=O)O)CC1. The number of carboxylic acid groups (broad SMARTS) is 1. The molecule has 7 heteroatoms. The van der Waals surface area contributed by atoms with Gasteiger partial charge in [0.15, 0.2) is 0 Å². The van der Waals surface area contributed by atoms with Crippen molar-refractivity contribution in [2.75, 3.05) is 26.7 Å². The van der Waals surface area contributed by atoms with Crippen molar-refractivity contribution in [3.63, 3.8) is 0 Å². The number of carbonyl (C=O) groups is 2. The van der Waals surface area contributed by atoms with Crippen LogP contribution in [0.1, 0.15) is 34.6 Å². The molecule has 6 nitrogen and oxygen atoms in total. The summed E-state index contributed by atoms with van der Waals surface area (Å²) in [5, 5.41) is 9.85. The number of hydrogen-bond donors (Lipinski definition) is 1. The van der Waals surface area contributed by atoms with E-state index >= 15 is 0 Å². The molecule has 1 atom stereocenters. The molecule has 0 spiro atoms. The molecule has 1 fully saturated rings. The lowest BCUT2D eigenvalue weighted by Gasteiger charge is -2.25. The number of nitrogens with zero attached hydrogens (tertiary/aromatic N) is 3. The lowest BCUT2D eigenvalue weighted by Crippen LogP contribution is -2.37. The van der Waals surface area contributed by atoms with Crippen molar-refractivity contribution in [1.29, 1.82) is 0 Å². The Balaban J connectivity index is 1.69. The third-order valence-electron chi connectivity index (χ3n) is 5.00. The van der Waals surface area contributed by atoms with Gasteiger partial charge in [0.05, 0.1) is 12.2 Å². The second-order valence-electron chi connectivity index (χ2n) is 6.99. The molecule has 1 saturated heterocycles. The average molecular weight is 388 g/mol. The number of thiazole rings is 1. The normalized spacial score (nSPS) is 17.7. The van der Waals surface area contributed by atoms with Crippen LogP contribution in [-0.2, 0) is 4.79 Å². The number of carboxylic acids is 1. The fourth-order valence-electron chi connectivity index (χ4n) is 3.51. The van der Waals surface area contributed by atoms with E-state index < -0.39 is 5.97 Å². The molecule has 0 bridgehead atoms. The Bertz CT molecular complexity index is 806. The Kier molecular flexibility index (Phi) is 6.23. The van der Waals surface area contributed by atoms with Crippen LogP contribution < -0.4 is 0 Å². The van der Waals surface area contributed by atoms with Crippen molar-refractivity contribution >= 4 is 23.2 Å². The first kappa shape index (κ1) is 19.5. The van der Waals surface area contributed by atoms with E-state index in [1.54, 1.807) is 0 Å². The second kappa shape index (κ2) is 8.63. The van der Waals surface area contributed by atoms with Crippen molar-refractivity contribution in [1.82, 2.24) is 14.8 Å². The van der Waals surface area contributed by atoms with Gasteiger partial charge >= 0.3 is 5.97 Å². The summed E-state index contributed by atoms with van der Waals surface area (Å²) in [7, 11) is 1.84. The number of aromatic nitrogens is 1. The molecule has 2 heterocycles. The highest BCUT2D eigenvalue weighted by atomic mass is 32.1. The van der Waals surface area contributed by atoms with E-state index in [1.807, 2.05) is 54.1 Å². The van der Waals surface area contributed by atoms with Gasteiger partial charge in [-0.05, 0) is 33.2 Å². The molecule has 1 aliphatic heterocycles. The Morgan fingerprint density at radius 1 is 1.26 bits per heavy atom. The van der Waals surface area contributed by atoms with Gasteiger partial charge in [-0.1, -0.05) is 30.3 Å². The molecule has 3 rings (SSSR count). The maximum Gasteiger partial charge on any atom is 0.317 e. The molecule has 1 unspecified atom stereocenters. The third-order valence-corrected chi connectivity index (χ3v) is 6.20. The lowest BCUT2D eigenvalue weighted by molar-refractivity contribution is -0.138. The van der Waals surface area contributed by atoms with Gasteiger partial charge in [0.25, 0.3) is 5.91 Å². The molecule has 0 radical (unpaired) electrons. The number of rotatable bonds is 5. The molecular weight excluding hydrogens is 362 g/mol. The number of carbonyl (C=O) groups excluding carboxylic acids is 1. The zero-order valence-electron chi connectivity index (χ0n) is 15.7. The fraction of sp³-hybridized carbons (Fsp3) is 0.450. The maximum atomic E-state index is 13.1. The van der Waals surface area contributed by atoms with Crippen LogP contribution >= 0.6 is 11.3 Å². The molecule has 1 aliphatic rings. The van der Waals surface area contributed by atoms with Crippen molar-refractivity contribution in [2.24, 2.45) is 0 Å². The monoisotopic (exact) mass is 387 g/mol. The Morgan fingerprint density at radius 2 is 2.00 bits per heavy atom. The van der Waals surface area contributed by atoms with E-state index in [-0.39, 0.29) is 18.5 Å². The zero-order valence-corrected chi connectivity index (χ0v) is 16.5. The molecule has 144 valence electrons. The first-order valence-electron chi connectivity index (χ1n) is 9.20. The predicted molar refractivity (Wildman–Crippen MR) is 106 cm³/mol. The topological polar surface area (TPSA) is 73.7 Å². The number of aliphatic carboxylic acids is 1. The first-order valence-corrected chi connectivity index (χ1v) is 10.0. The minimum atomic E-state index is -0.816. The molecule has 1 aromatic carbocycles. The summed E-state index contributed by atoms with van der Waals surface area (Å²) in [4.78, 5) is 33.1. The predicted octanol–water partition coefficient (Wildman–Crippen LogP) is 3.13. The number of amides is 1. The minimum Gasteiger partial charge on any atom is -0.480 e. The van der Waals surface area contributed by atoms with Crippen LogP contribution in [0.3, 0.4) is 0 Å². The van der Waals surface area contributed by atoms with E-state index in [1.165, 1.54) is 11.3 Å². The molecule has 2 aromatic rings. The van der Waals surface area contributed by atoms with Gasteiger partial charge in [-0.2, -0.15) is 0 Å². The Labute approximate surface area is 163 Å². The summed E-state index contributed by atoms with van der Waals surface area (Å²) in [5.41, 5.74) is 1.79. The van der Waals surface area contributed by atoms with Crippen LogP contribution in [0.25, 0.3) is 10.6 Å². The number of benzene rings is 1. The van der Waals surface area contributed by atoms with Crippen molar-refractivity contribution < 1.29 is 14.7 Å². The highest BCUT2D eigenvalue weighted by Gasteiger charge is 2.27. The first-order chi connectivity index (χ1) is 13.0. The fourth-order valence-corrected chi connectivity index (χ4v) is 4.55. The van der Waals surface area contributed by atoms with Crippen LogP contribution in [0.5, 0.6) is 0 Å². The van der Waals surface area contributed by atoms with E-state index in [0.29, 0.717) is 18.0 Å². The van der Waals surface area contributed by atoms with E-state index in [4.69, 9.17) is 5.11 Å². The van der Waals surface area contributed by atoms with Crippen LogP contribution in [-0.4, -0.2) is 64.5 Å². The molecule has 1 N–H and O–H groups in total. The molecule has 0 aliphatic carbocycles. The van der Waals surface area contributed by atoms with Crippen LogP contribution in [0.2, 0.25) is 0 Å². The number of hydrogen-bond acceptors (Lipinski definition) is 5. The lowest BCUT2D eigenvalue weighted by atomic mass is 10.1. The number of likely N-dealkylation sites (tertiary alicyclic amines) is 1. The van der Waals surface area contributed by atoms with Gasteiger partial charge in [-0.25, -0.2) is 4.98 Å². The van der Waals surface area contributed by atoms with Crippen LogP contribution in [0.15, 0.2) is 30.3 Å². The number of likely N-dealkylation sites (N-methyl/N-ethyl adjacent to an activating group) is 1. The molecule has 0 saturated carbocycles. The van der Waals surface area contributed by atoms with Gasteiger partial charge in [0.1, 0.15) is 9.88 Å². The summed E-state index contributed by atoms with van der Waals surface area (Å²) < 4.78 is 0. The molecule has 27 heavy (non-hydrogen) atoms.